The third kappa shape index (κ3) is 8.85. The monoisotopic (exact) mass is 677 g/mol. The van der Waals surface area contributed by atoms with Crippen LogP contribution in [0.15, 0.2) is 109 Å². The van der Waals surface area contributed by atoms with Gasteiger partial charge in [-0.05, 0) is 60.5 Å². The summed E-state index contributed by atoms with van der Waals surface area (Å²) in [5, 5.41) is 25.5. The third-order valence-electron chi connectivity index (χ3n) is 9.88. The number of nitrogens with one attached hydrogen (secondary N) is 2. The zero-order chi connectivity index (χ0) is 34.9. The molecule has 2 fully saturated rings. The van der Waals surface area contributed by atoms with Crippen molar-refractivity contribution in [2.75, 3.05) is 19.7 Å². The van der Waals surface area contributed by atoms with E-state index in [4.69, 9.17) is 9.47 Å². The molecule has 50 heavy (non-hydrogen) atoms. The molecular weight excluding hydrogens is 630 g/mol. The molecule has 0 bridgehead atoms. The molecule has 2 heterocycles. The molecule has 2 aliphatic rings. The summed E-state index contributed by atoms with van der Waals surface area (Å²) >= 11 is 0. The number of urea groups is 1. The fourth-order valence-corrected chi connectivity index (χ4v) is 7.07. The van der Waals surface area contributed by atoms with E-state index in [-0.39, 0.29) is 49.7 Å². The van der Waals surface area contributed by atoms with Gasteiger partial charge in [0.1, 0.15) is 0 Å². The minimum absolute atomic E-state index is 0.0341. The molecule has 1 unspecified atom stereocenters. The number of aliphatic hydroxyl groups is 2. The number of nitrogens with zero attached hydrogens (tertiary/aromatic N) is 1. The summed E-state index contributed by atoms with van der Waals surface area (Å²) in [7, 11) is 0. The Morgan fingerprint density at radius 2 is 1.46 bits per heavy atom. The minimum atomic E-state index is -0.655. The lowest BCUT2D eigenvalue weighted by molar-refractivity contribution is -0.264. The lowest BCUT2D eigenvalue weighted by Crippen LogP contribution is -2.46. The highest BCUT2D eigenvalue weighted by Gasteiger charge is 2.43. The van der Waals surface area contributed by atoms with Crippen molar-refractivity contribution in [2.45, 2.75) is 75.8 Å². The molecule has 0 aromatic heterocycles. The van der Waals surface area contributed by atoms with E-state index in [1.165, 1.54) is 6.92 Å². The molecule has 0 aliphatic carbocycles. The second-order valence-corrected chi connectivity index (χ2v) is 13.3. The summed E-state index contributed by atoms with van der Waals surface area (Å²) in [6.45, 7) is 3.41. The first-order valence-electron chi connectivity index (χ1n) is 17.5. The summed E-state index contributed by atoms with van der Waals surface area (Å²) < 4.78 is 13.7. The number of hydrogen-bond donors (Lipinski definition) is 4. The average Bonchev–Trinajstić information content (AvgIpc) is 3.61. The summed E-state index contributed by atoms with van der Waals surface area (Å²) in [6.07, 6.45) is 1.20. The van der Waals surface area contributed by atoms with Crippen LogP contribution in [0.3, 0.4) is 0 Å². The SMILES string of the molecule is CC(=O)[C@@H](Cc1ccccc1)NC(=O)NCc1ccc(C2O[C@H](CN3CCC[C@H]3CO)[C@@H](c3ccccc3)[C@H](c3ccc(CO)cc3)O2)cc1. The molecule has 262 valence electrons. The number of carbonyl (C=O) groups is 2. The van der Waals surface area contributed by atoms with Crippen LogP contribution >= 0.6 is 0 Å². The number of Topliss-reactive ketones (excluding diaryl/α,β-unsaturated/α-hetero) is 1. The van der Waals surface area contributed by atoms with E-state index in [1.54, 1.807) is 0 Å². The normalized spacial score (nSPS) is 22.9. The van der Waals surface area contributed by atoms with Crippen molar-refractivity contribution < 1.29 is 29.3 Å². The van der Waals surface area contributed by atoms with Crippen LogP contribution in [-0.4, -0.2) is 64.8 Å². The van der Waals surface area contributed by atoms with Gasteiger partial charge in [0.25, 0.3) is 0 Å². The Hall–Kier alpha value is -4.38. The highest BCUT2D eigenvalue weighted by molar-refractivity contribution is 5.87. The quantitative estimate of drug-likeness (QED) is 0.146. The maximum absolute atomic E-state index is 12.8. The fraction of sp³-hybridized carbons (Fsp3) is 0.366. The zero-order valence-corrected chi connectivity index (χ0v) is 28.5. The maximum Gasteiger partial charge on any atom is 0.315 e. The number of likely N-dealkylation sites (tertiary alicyclic amines) is 1. The molecule has 9 heteroatoms. The molecule has 0 saturated carbocycles. The van der Waals surface area contributed by atoms with E-state index < -0.39 is 18.4 Å². The number of benzene rings is 4. The van der Waals surface area contributed by atoms with Crippen LogP contribution < -0.4 is 10.6 Å². The Bertz CT molecular complexity index is 1670. The van der Waals surface area contributed by atoms with Crippen LogP contribution in [0.5, 0.6) is 0 Å². The average molecular weight is 678 g/mol. The summed E-state index contributed by atoms with van der Waals surface area (Å²) in [4.78, 5) is 27.4. The number of ketones is 1. The molecule has 0 spiro atoms. The molecular formula is C41H47N3O6. The third-order valence-corrected chi connectivity index (χ3v) is 9.88. The number of carbonyl (C=O) groups excluding carboxylic acids is 2. The van der Waals surface area contributed by atoms with Crippen molar-refractivity contribution in [1.82, 2.24) is 15.5 Å². The molecule has 2 saturated heterocycles. The van der Waals surface area contributed by atoms with Crippen molar-refractivity contribution >= 4 is 11.8 Å². The van der Waals surface area contributed by atoms with E-state index in [2.05, 4.69) is 27.7 Å². The molecule has 6 atom stereocenters. The van der Waals surface area contributed by atoms with Crippen molar-refractivity contribution in [1.29, 1.82) is 0 Å². The van der Waals surface area contributed by atoms with E-state index >= 15 is 0 Å². The van der Waals surface area contributed by atoms with Crippen molar-refractivity contribution in [3.8, 4) is 0 Å². The van der Waals surface area contributed by atoms with Gasteiger partial charge in [-0.15, -0.1) is 0 Å². The first kappa shape index (κ1) is 35.4. The molecule has 4 N–H and O–H groups in total. The molecule has 0 radical (unpaired) electrons. The second-order valence-electron chi connectivity index (χ2n) is 13.3. The first-order chi connectivity index (χ1) is 24.4. The Morgan fingerprint density at radius 3 is 2.12 bits per heavy atom. The Kier molecular flexibility index (Phi) is 12.1. The van der Waals surface area contributed by atoms with Gasteiger partial charge in [-0.25, -0.2) is 4.79 Å². The molecule has 6 rings (SSSR count). The highest BCUT2D eigenvalue weighted by atomic mass is 16.7. The molecule has 2 aliphatic heterocycles. The van der Waals surface area contributed by atoms with Crippen molar-refractivity contribution in [3.63, 3.8) is 0 Å². The summed E-state index contributed by atoms with van der Waals surface area (Å²) in [5.74, 6) is -0.219. The zero-order valence-electron chi connectivity index (χ0n) is 28.5. The molecule has 9 nitrogen and oxygen atoms in total. The van der Waals surface area contributed by atoms with E-state index in [9.17, 15) is 19.8 Å². The van der Waals surface area contributed by atoms with Crippen molar-refractivity contribution in [3.05, 3.63) is 143 Å². The molecule has 4 aromatic carbocycles. The number of aliphatic hydroxyl groups excluding tert-OH is 2. The van der Waals surface area contributed by atoms with E-state index in [0.717, 1.165) is 52.8 Å². The number of ether oxygens (including phenoxy) is 2. The first-order valence-corrected chi connectivity index (χ1v) is 17.5. The van der Waals surface area contributed by atoms with E-state index in [0.29, 0.717) is 13.0 Å². The fourth-order valence-electron chi connectivity index (χ4n) is 7.07. The number of hydrogen-bond acceptors (Lipinski definition) is 7. The van der Waals surface area contributed by atoms with Gasteiger partial charge in [0.15, 0.2) is 12.1 Å². The second kappa shape index (κ2) is 17.0. The van der Waals surface area contributed by atoms with Crippen LogP contribution in [0.1, 0.15) is 71.5 Å². The topological polar surface area (TPSA) is 120 Å². The van der Waals surface area contributed by atoms with E-state index in [1.807, 2.05) is 97.1 Å². The highest BCUT2D eigenvalue weighted by Crippen LogP contribution is 2.47. The van der Waals surface area contributed by atoms with Crippen LogP contribution in [0, 0.1) is 0 Å². The largest absolute Gasteiger partial charge is 0.395 e. The summed E-state index contributed by atoms with van der Waals surface area (Å²) in [5.41, 5.74) is 5.66. The van der Waals surface area contributed by atoms with Crippen LogP contribution in [0.25, 0.3) is 0 Å². The van der Waals surface area contributed by atoms with Crippen LogP contribution in [-0.2, 0) is 33.8 Å². The van der Waals surface area contributed by atoms with Crippen LogP contribution in [0.2, 0.25) is 0 Å². The summed E-state index contributed by atoms with van der Waals surface area (Å²) in [6, 6.07) is 34.7. The Balaban J connectivity index is 1.19. The predicted octanol–water partition coefficient (Wildman–Crippen LogP) is 5.57. The van der Waals surface area contributed by atoms with Gasteiger partial charge in [-0.2, -0.15) is 0 Å². The minimum Gasteiger partial charge on any atom is -0.395 e. The Labute approximate surface area is 294 Å². The molecule has 2 amide bonds. The van der Waals surface area contributed by atoms with Gasteiger partial charge in [0, 0.05) is 30.6 Å². The predicted molar refractivity (Wildman–Crippen MR) is 191 cm³/mol. The van der Waals surface area contributed by atoms with Gasteiger partial charge in [0.2, 0.25) is 0 Å². The lowest BCUT2D eigenvalue weighted by atomic mass is 9.83. The maximum atomic E-state index is 12.8. The van der Waals surface area contributed by atoms with Crippen molar-refractivity contribution in [2.24, 2.45) is 0 Å². The van der Waals surface area contributed by atoms with Gasteiger partial charge >= 0.3 is 6.03 Å². The van der Waals surface area contributed by atoms with Gasteiger partial charge < -0.3 is 30.3 Å². The lowest BCUT2D eigenvalue weighted by Gasteiger charge is -2.44. The standard InChI is InChI=1S/C41H47N3O6/c1-28(47)36(23-29-9-4-2-5-10-29)43-41(48)42-24-30-14-20-34(21-15-30)40-49-37(25-44-22-8-13-35(44)27-46)38(32-11-6-3-7-12-32)39(50-40)33-18-16-31(26-45)17-19-33/h2-7,9-12,14-21,35-40,45-46H,8,13,22-27H2,1H3,(H2,42,43,48)/t35-,36+,37+,38+,39-,40?/m0/s1. The number of amides is 2. The number of rotatable bonds is 13. The van der Waals surface area contributed by atoms with Gasteiger partial charge in [-0.3, -0.25) is 9.69 Å². The van der Waals surface area contributed by atoms with Gasteiger partial charge in [0.05, 0.1) is 31.5 Å². The smallest absolute Gasteiger partial charge is 0.315 e. The van der Waals surface area contributed by atoms with Crippen LogP contribution in [0.4, 0.5) is 4.79 Å². The molecule has 4 aromatic rings. The van der Waals surface area contributed by atoms with Gasteiger partial charge in [-0.1, -0.05) is 109 Å². The Morgan fingerprint density at radius 1 is 0.800 bits per heavy atom.